The largest absolute Gasteiger partial charge is 0.465 e. The third kappa shape index (κ3) is 6.83. The van der Waals surface area contributed by atoms with E-state index in [0.717, 1.165) is 63.9 Å². The Morgan fingerprint density at radius 3 is 2.37 bits per heavy atom. The Labute approximate surface area is 258 Å². The second-order valence-electron chi connectivity index (χ2n) is 10.8. The molecule has 0 saturated heterocycles. The molecule has 0 unspecified atom stereocenters. The normalized spacial score (nSPS) is 11.8. The predicted octanol–water partition coefficient (Wildman–Crippen LogP) is 7.07. The molecule has 0 aliphatic heterocycles. The van der Waals surface area contributed by atoms with Gasteiger partial charge in [-0.2, -0.15) is 12.6 Å². The van der Waals surface area contributed by atoms with E-state index in [9.17, 15) is 9.59 Å². The van der Waals surface area contributed by atoms with E-state index in [1.165, 1.54) is 7.11 Å². The number of nitrogens with zero attached hydrogens (tertiary/aromatic N) is 2. The summed E-state index contributed by atoms with van der Waals surface area (Å²) >= 11 is 4.51. The second kappa shape index (κ2) is 13.7. The van der Waals surface area contributed by atoms with E-state index < -0.39 is 0 Å². The zero-order valence-corrected chi connectivity index (χ0v) is 25.7. The van der Waals surface area contributed by atoms with Crippen molar-refractivity contribution in [1.29, 1.82) is 0 Å². The molecule has 5 rings (SSSR count). The Hall–Kier alpha value is -4.36. The molecule has 1 aromatic heterocycles. The molecule has 220 valence electrons. The lowest BCUT2D eigenvalue weighted by molar-refractivity contribution is 0.0601. The summed E-state index contributed by atoms with van der Waals surface area (Å²) < 4.78 is 7.20. The fourth-order valence-electron chi connectivity index (χ4n) is 5.49. The van der Waals surface area contributed by atoms with Crippen LogP contribution >= 0.6 is 12.6 Å². The molecule has 0 bridgehead atoms. The first kappa shape index (κ1) is 30.1. The number of benzene rings is 4. The van der Waals surface area contributed by atoms with Gasteiger partial charge in [-0.3, -0.25) is 4.79 Å². The van der Waals surface area contributed by atoms with Crippen LogP contribution in [0.25, 0.3) is 22.2 Å². The number of aryl methyl sites for hydroxylation is 2. The number of ether oxygens (including phenoxy) is 1. The van der Waals surface area contributed by atoms with Crippen LogP contribution in [0.5, 0.6) is 0 Å². The van der Waals surface area contributed by atoms with Crippen molar-refractivity contribution in [3.05, 3.63) is 125 Å². The van der Waals surface area contributed by atoms with Crippen LogP contribution in [-0.2, 0) is 24.1 Å². The topological polar surface area (TPSA) is 73.2 Å². The average Bonchev–Trinajstić information content (AvgIpc) is 3.38. The van der Waals surface area contributed by atoms with E-state index in [1.54, 1.807) is 6.07 Å². The quantitative estimate of drug-likeness (QED) is 0.127. The molecule has 43 heavy (non-hydrogen) atoms. The van der Waals surface area contributed by atoms with Crippen LogP contribution in [-0.4, -0.2) is 40.3 Å². The molecule has 1 amide bonds. The summed E-state index contributed by atoms with van der Waals surface area (Å²) in [6.07, 6.45) is 2.51. The molecular formula is C36H37N3O3S. The number of amides is 1. The van der Waals surface area contributed by atoms with Gasteiger partial charge in [0.25, 0.3) is 5.91 Å². The number of thiol groups is 1. The number of esters is 1. The number of methoxy groups -OCH3 is 1. The molecule has 0 aliphatic carbocycles. The van der Waals surface area contributed by atoms with Crippen molar-refractivity contribution in [3.63, 3.8) is 0 Å². The lowest BCUT2D eigenvalue weighted by Crippen LogP contribution is -2.37. The van der Waals surface area contributed by atoms with Crippen LogP contribution in [0.2, 0.25) is 0 Å². The van der Waals surface area contributed by atoms with Gasteiger partial charge < -0.3 is 14.6 Å². The number of carbonyl (C=O) groups excluding carboxylic acids is 2. The van der Waals surface area contributed by atoms with Gasteiger partial charge in [0, 0.05) is 30.3 Å². The van der Waals surface area contributed by atoms with E-state index in [4.69, 9.17) is 9.72 Å². The van der Waals surface area contributed by atoms with Crippen LogP contribution in [0.4, 0.5) is 0 Å². The van der Waals surface area contributed by atoms with Crippen molar-refractivity contribution in [2.75, 3.05) is 12.9 Å². The summed E-state index contributed by atoms with van der Waals surface area (Å²) in [6.45, 7) is 4.77. The van der Waals surface area contributed by atoms with Gasteiger partial charge in [-0.15, -0.1) is 0 Å². The fourth-order valence-corrected chi connectivity index (χ4v) is 5.71. The highest BCUT2D eigenvalue weighted by Crippen LogP contribution is 2.27. The zero-order valence-electron chi connectivity index (χ0n) is 24.8. The zero-order chi connectivity index (χ0) is 30.3. The predicted molar refractivity (Wildman–Crippen MR) is 176 cm³/mol. The number of imidazole rings is 1. The van der Waals surface area contributed by atoms with E-state index >= 15 is 0 Å². The summed E-state index contributed by atoms with van der Waals surface area (Å²) in [5, 5.41) is 3.19. The van der Waals surface area contributed by atoms with Crippen LogP contribution < -0.4 is 5.32 Å². The number of fused-ring (bicyclic) bond motifs is 1. The monoisotopic (exact) mass is 591 g/mol. The van der Waals surface area contributed by atoms with Gasteiger partial charge in [0.1, 0.15) is 5.82 Å². The van der Waals surface area contributed by atoms with Crippen molar-refractivity contribution in [3.8, 4) is 11.1 Å². The lowest BCUT2D eigenvalue weighted by atomic mass is 9.98. The molecule has 7 heteroatoms. The maximum Gasteiger partial charge on any atom is 0.338 e. The summed E-state index contributed by atoms with van der Waals surface area (Å²) in [6, 6.07) is 29.6. The van der Waals surface area contributed by atoms with E-state index in [1.807, 2.05) is 67.6 Å². The minimum absolute atomic E-state index is 0.0855. The Balaban J connectivity index is 1.44. The summed E-state index contributed by atoms with van der Waals surface area (Å²) in [4.78, 5) is 30.8. The van der Waals surface area contributed by atoms with Gasteiger partial charge in [0.15, 0.2) is 0 Å². The Kier molecular flexibility index (Phi) is 9.62. The van der Waals surface area contributed by atoms with Gasteiger partial charge in [0.2, 0.25) is 0 Å². The minimum atomic E-state index is -0.357. The first-order valence-electron chi connectivity index (χ1n) is 14.6. The van der Waals surface area contributed by atoms with E-state index in [2.05, 4.69) is 53.7 Å². The fraction of sp³-hybridized carbons (Fsp3) is 0.250. The molecule has 6 nitrogen and oxygen atoms in total. The summed E-state index contributed by atoms with van der Waals surface area (Å²) in [5.41, 5.74) is 8.02. The second-order valence-corrected chi connectivity index (χ2v) is 11.2. The van der Waals surface area contributed by atoms with Crippen LogP contribution in [0.1, 0.15) is 56.6 Å². The maximum atomic E-state index is 13.5. The van der Waals surface area contributed by atoms with Crippen molar-refractivity contribution >= 4 is 35.5 Å². The standard InChI is InChI=1S/C36H37N3O3S/c1-4-10-33-38-34-24(2)19-28(35(40)37-29(23-43)20-25-11-6-5-7-12-25)21-32(34)39(33)22-26-15-17-27(18-16-26)30-13-8-9-14-31(30)36(41)42-3/h5-9,11-19,21,29,43H,4,10,20,22-23H2,1-3H3,(H,37,40)/t29-/m1/s1. The molecule has 0 radical (unpaired) electrons. The molecular weight excluding hydrogens is 554 g/mol. The molecule has 0 saturated carbocycles. The number of carbonyl (C=O) groups is 2. The minimum Gasteiger partial charge on any atom is -0.465 e. The molecule has 4 aromatic carbocycles. The molecule has 0 aliphatic rings. The van der Waals surface area contributed by atoms with Crippen LogP contribution in [0, 0.1) is 6.92 Å². The summed E-state index contributed by atoms with van der Waals surface area (Å²) in [5.74, 6) is 1.07. The average molecular weight is 592 g/mol. The van der Waals surface area contributed by atoms with Crippen molar-refractivity contribution < 1.29 is 14.3 Å². The van der Waals surface area contributed by atoms with Gasteiger partial charge >= 0.3 is 5.97 Å². The molecule has 0 fully saturated rings. The van der Waals surface area contributed by atoms with Crippen molar-refractivity contribution in [2.45, 2.75) is 45.7 Å². The third-order valence-corrected chi connectivity index (χ3v) is 8.12. The van der Waals surface area contributed by atoms with Gasteiger partial charge in [-0.05, 0) is 65.8 Å². The maximum absolute atomic E-state index is 13.5. The number of hydrogen-bond acceptors (Lipinski definition) is 5. The first-order chi connectivity index (χ1) is 20.9. The SMILES string of the molecule is CCCc1nc2c(C)cc(C(=O)N[C@@H](CS)Cc3ccccc3)cc2n1Cc1ccc(-c2ccccc2C(=O)OC)cc1. The molecule has 1 N–H and O–H groups in total. The summed E-state index contributed by atoms with van der Waals surface area (Å²) in [7, 11) is 1.39. The lowest BCUT2D eigenvalue weighted by Gasteiger charge is -2.17. The molecule has 0 spiro atoms. The Morgan fingerprint density at radius 1 is 0.953 bits per heavy atom. The molecule has 5 aromatic rings. The smallest absolute Gasteiger partial charge is 0.338 e. The number of rotatable bonds is 11. The number of aromatic nitrogens is 2. The Bertz CT molecular complexity index is 1730. The third-order valence-electron chi connectivity index (χ3n) is 7.68. The van der Waals surface area contributed by atoms with Gasteiger partial charge in [-0.1, -0.05) is 79.7 Å². The van der Waals surface area contributed by atoms with Crippen LogP contribution in [0.3, 0.4) is 0 Å². The highest BCUT2D eigenvalue weighted by atomic mass is 32.1. The highest BCUT2D eigenvalue weighted by Gasteiger charge is 2.19. The van der Waals surface area contributed by atoms with Gasteiger partial charge in [-0.25, -0.2) is 9.78 Å². The molecule has 1 atom stereocenters. The number of hydrogen-bond donors (Lipinski definition) is 2. The van der Waals surface area contributed by atoms with Gasteiger partial charge in [0.05, 0.1) is 23.7 Å². The first-order valence-corrected chi connectivity index (χ1v) is 15.3. The molecule has 1 heterocycles. The Morgan fingerprint density at radius 2 is 1.67 bits per heavy atom. The van der Waals surface area contributed by atoms with E-state index in [-0.39, 0.29) is 17.9 Å². The van der Waals surface area contributed by atoms with Crippen LogP contribution in [0.15, 0.2) is 91.0 Å². The van der Waals surface area contributed by atoms with Crippen molar-refractivity contribution in [2.24, 2.45) is 0 Å². The van der Waals surface area contributed by atoms with Crippen molar-refractivity contribution in [1.82, 2.24) is 14.9 Å². The highest BCUT2D eigenvalue weighted by molar-refractivity contribution is 7.80. The van der Waals surface area contributed by atoms with E-state index in [0.29, 0.717) is 23.4 Å². The number of nitrogens with one attached hydrogen (secondary N) is 1.